The summed E-state index contributed by atoms with van der Waals surface area (Å²) in [6, 6.07) is 2.69. The second-order valence-electron chi connectivity index (χ2n) is 6.35. The average Bonchev–Trinajstić information content (AvgIpc) is 2.60. The first-order valence-electron chi connectivity index (χ1n) is 8.51. The Balaban J connectivity index is 2.16. The molecule has 0 unspecified atom stereocenters. The molecule has 26 heavy (non-hydrogen) atoms. The Morgan fingerprint density at radius 3 is 2.50 bits per heavy atom. The van der Waals surface area contributed by atoms with Crippen molar-refractivity contribution in [2.45, 2.75) is 25.8 Å². The van der Waals surface area contributed by atoms with Gasteiger partial charge in [-0.25, -0.2) is 0 Å². The molecule has 2 rings (SSSR count). The summed E-state index contributed by atoms with van der Waals surface area (Å²) >= 11 is 0. The molecule has 1 heterocycles. The molecule has 0 saturated carbocycles. The normalized spacial score (nSPS) is 16.2. The molecule has 2 amide bonds. The summed E-state index contributed by atoms with van der Waals surface area (Å²) < 4.78 is 13.8. The molecule has 1 aliphatic heterocycles. The van der Waals surface area contributed by atoms with Crippen molar-refractivity contribution in [2.24, 2.45) is 0 Å². The monoisotopic (exact) mass is 366 g/mol. The average molecular weight is 366 g/mol. The van der Waals surface area contributed by atoms with Crippen LogP contribution in [-0.4, -0.2) is 65.8 Å². The van der Waals surface area contributed by atoms with E-state index < -0.39 is 22.5 Å². The zero-order valence-electron chi connectivity index (χ0n) is 14.9. The number of nitro groups is 1. The van der Waals surface area contributed by atoms with Crippen molar-refractivity contribution in [3.05, 3.63) is 39.7 Å². The number of carbonyl (C=O) groups excluding carboxylic acids is 2. The van der Waals surface area contributed by atoms with Crippen LogP contribution in [0.4, 0.5) is 10.1 Å². The minimum absolute atomic E-state index is 0.0752. The minimum Gasteiger partial charge on any atom is -0.344 e. The topological polar surface area (TPSA) is 95.8 Å². The maximum Gasteiger partial charge on any atom is 0.304 e. The quantitative estimate of drug-likeness (QED) is 0.597. The fraction of sp³-hybridized carbons (Fsp3) is 0.529. The van der Waals surface area contributed by atoms with Crippen molar-refractivity contribution in [3.8, 4) is 0 Å². The summed E-state index contributed by atoms with van der Waals surface area (Å²) in [5, 5.41) is 13.4. The number of nitrogens with one attached hydrogen (secondary N) is 1. The summed E-state index contributed by atoms with van der Waals surface area (Å²) in [6.45, 7) is 4.28. The first kappa shape index (κ1) is 19.8. The molecule has 1 aliphatic rings. The number of nitro benzene ring substituents is 1. The number of hydrogen-bond donors (Lipinski definition) is 1. The van der Waals surface area contributed by atoms with Crippen LogP contribution in [0, 0.1) is 15.9 Å². The summed E-state index contributed by atoms with van der Waals surface area (Å²) in [6.07, 6.45) is 0.299. The van der Waals surface area contributed by atoms with Crippen LogP contribution < -0.4 is 5.32 Å². The van der Waals surface area contributed by atoms with Crippen molar-refractivity contribution >= 4 is 17.5 Å². The van der Waals surface area contributed by atoms with E-state index in [0.717, 1.165) is 25.2 Å². The van der Waals surface area contributed by atoms with Crippen LogP contribution in [-0.2, 0) is 16.0 Å². The van der Waals surface area contributed by atoms with Gasteiger partial charge < -0.3 is 15.1 Å². The fourth-order valence-corrected chi connectivity index (χ4v) is 2.80. The third kappa shape index (κ3) is 4.98. The second kappa shape index (κ2) is 8.70. The van der Waals surface area contributed by atoms with Crippen LogP contribution >= 0.6 is 0 Å². The Kier molecular flexibility index (Phi) is 6.62. The molecule has 0 aromatic heterocycles. The highest BCUT2D eigenvalue weighted by Crippen LogP contribution is 2.19. The molecule has 142 valence electrons. The molecule has 1 N–H and O–H groups in total. The van der Waals surface area contributed by atoms with Crippen LogP contribution in [0.3, 0.4) is 0 Å². The fourth-order valence-electron chi connectivity index (χ4n) is 2.80. The van der Waals surface area contributed by atoms with Crippen molar-refractivity contribution < 1.29 is 18.9 Å². The highest BCUT2D eigenvalue weighted by molar-refractivity contribution is 5.88. The number of piperazine rings is 1. The molecule has 1 aromatic rings. The van der Waals surface area contributed by atoms with Gasteiger partial charge in [0.15, 0.2) is 0 Å². The molecular formula is C17H23FN4O4. The lowest BCUT2D eigenvalue weighted by Crippen LogP contribution is -2.54. The maximum absolute atomic E-state index is 13.8. The molecule has 0 bridgehead atoms. The Hall–Kier alpha value is -2.55. The van der Waals surface area contributed by atoms with E-state index in [2.05, 4.69) is 10.2 Å². The minimum atomic E-state index is -0.958. The molecule has 9 heteroatoms. The zero-order valence-corrected chi connectivity index (χ0v) is 14.9. The van der Waals surface area contributed by atoms with E-state index in [0.29, 0.717) is 18.7 Å². The van der Waals surface area contributed by atoms with Gasteiger partial charge in [-0.2, -0.15) is 4.39 Å². The van der Waals surface area contributed by atoms with Crippen LogP contribution in [0.15, 0.2) is 18.2 Å². The molecule has 1 saturated heterocycles. The van der Waals surface area contributed by atoms with Gasteiger partial charge in [-0.15, -0.1) is 0 Å². The van der Waals surface area contributed by atoms with Gasteiger partial charge in [0.1, 0.15) is 6.04 Å². The van der Waals surface area contributed by atoms with Gasteiger partial charge in [0.25, 0.3) is 0 Å². The van der Waals surface area contributed by atoms with Gasteiger partial charge in [-0.1, -0.05) is 13.0 Å². The molecule has 8 nitrogen and oxygen atoms in total. The van der Waals surface area contributed by atoms with Crippen LogP contribution in [0.25, 0.3) is 0 Å². The third-order valence-electron chi connectivity index (χ3n) is 4.42. The molecule has 0 radical (unpaired) electrons. The summed E-state index contributed by atoms with van der Waals surface area (Å²) in [5.74, 6) is -1.46. The number of benzene rings is 1. The number of halogens is 1. The highest BCUT2D eigenvalue weighted by Gasteiger charge is 2.28. The van der Waals surface area contributed by atoms with E-state index in [4.69, 9.17) is 0 Å². The van der Waals surface area contributed by atoms with Crippen LogP contribution in [0.1, 0.15) is 18.9 Å². The van der Waals surface area contributed by atoms with Gasteiger partial charge in [-0.05, 0) is 18.7 Å². The molecule has 1 fully saturated rings. The number of carbonyl (C=O) groups is 2. The predicted octanol–water partition coefficient (Wildman–Crippen LogP) is 0.945. The van der Waals surface area contributed by atoms with Crippen molar-refractivity contribution in [2.75, 3.05) is 33.2 Å². The Morgan fingerprint density at radius 2 is 1.96 bits per heavy atom. The number of rotatable bonds is 6. The van der Waals surface area contributed by atoms with Crippen LogP contribution in [0.2, 0.25) is 0 Å². The standard InChI is InChI=1S/C17H23FN4O4/c1-3-16(23)19-14(17(24)21-8-6-20(2)7-9-21)11-12-4-5-15(22(25)26)13(18)10-12/h4-5,10,14H,3,6-9,11H2,1-2H3,(H,19,23)/t14-/m1/s1. The largest absolute Gasteiger partial charge is 0.344 e. The van der Waals surface area contributed by atoms with Gasteiger partial charge >= 0.3 is 5.69 Å². The predicted molar refractivity (Wildman–Crippen MR) is 93.1 cm³/mol. The Labute approximate surface area is 151 Å². The van der Waals surface area contributed by atoms with E-state index in [9.17, 15) is 24.1 Å². The molecule has 0 spiro atoms. The summed E-state index contributed by atoms with van der Waals surface area (Å²) in [5.41, 5.74) is -0.203. The molecule has 1 atom stereocenters. The van der Waals surface area contributed by atoms with Gasteiger partial charge in [0.05, 0.1) is 4.92 Å². The maximum atomic E-state index is 13.8. The number of nitrogens with zero attached hydrogens (tertiary/aromatic N) is 3. The summed E-state index contributed by atoms with van der Waals surface area (Å²) in [7, 11) is 1.97. The zero-order chi connectivity index (χ0) is 19.3. The highest BCUT2D eigenvalue weighted by atomic mass is 19.1. The lowest BCUT2D eigenvalue weighted by atomic mass is 10.0. The molecule has 1 aromatic carbocycles. The van der Waals surface area contributed by atoms with Gasteiger partial charge in [0.2, 0.25) is 17.6 Å². The number of likely N-dealkylation sites (N-methyl/N-ethyl adjacent to an activating group) is 1. The van der Waals surface area contributed by atoms with Crippen molar-refractivity contribution in [3.63, 3.8) is 0 Å². The van der Waals surface area contributed by atoms with E-state index in [1.807, 2.05) is 7.05 Å². The number of hydrogen-bond acceptors (Lipinski definition) is 5. The lowest BCUT2D eigenvalue weighted by Gasteiger charge is -2.34. The Bertz CT molecular complexity index is 689. The summed E-state index contributed by atoms with van der Waals surface area (Å²) in [4.78, 5) is 38.3. The van der Waals surface area contributed by atoms with Crippen molar-refractivity contribution in [1.29, 1.82) is 0 Å². The second-order valence-corrected chi connectivity index (χ2v) is 6.35. The SMILES string of the molecule is CCC(=O)N[C@H](Cc1ccc([N+](=O)[O-])c(F)c1)C(=O)N1CCN(C)CC1. The Morgan fingerprint density at radius 1 is 1.31 bits per heavy atom. The van der Waals surface area contributed by atoms with Crippen LogP contribution in [0.5, 0.6) is 0 Å². The lowest BCUT2D eigenvalue weighted by molar-refractivity contribution is -0.387. The van der Waals surface area contributed by atoms with E-state index in [1.54, 1.807) is 11.8 Å². The van der Waals surface area contributed by atoms with Gasteiger partial charge in [0, 0.05) is 45.1 Å². The molecular weight excluding hydrogens is 343 g/mol. The van der Waals surface area contributed by atoms with Crippen molar-refractivity contribution in [1.82, 2.24) is 15.1 Å². The van der Waals surface area contributed by atoms with Gasteiger partial charge in [-0.3, -0.25) is 19.7 Å². The smallest absolute Gasteiger partial charge is 0.304 e. The first-order valence-corrected chi connectivity index (χ1v) is 8.51. The third-order valence-corrected chi connectivity index (χ3v) is 4.42. The van der Waals surface area contributed by atoms with E-state index in [1.165, 1.54) is 6.07 Å². The number of amides is 2. The molecule has 0 aliphatic carbocycles. The first-order chi connectivity index (χ1) is 12.3. The van der Waals surface area contributed by atoms with E-state index >= 15 is 0 Å². The van der Waals surface area contributed by atoms with E-state index in [-0.39, 0.29) is 24.7 Å².